The van der Waals surface area contributed by atoms with Crippen LogP contribution >= 0.6 is 0 Å². The Kier molecular flexibility index (Phi) is 4.07. The van der Waals surface area contributed by atoms with Gasteiger partial charge in [0.25, 0.3) is 0 Å². The topological polar surface area (TPSA) is 62.0 Å². The van der Waals surface area contributed by atoms with Gasteiger partial charge in [0.15, 0.2) is 5.82 Å². The van der Waals surface area contributed by atoms with E-state index in [2.05, 4.69) is 35.0 Å². The summed E-state index contributed by atoms with van der Waals surface area (Å²) in [7, 11) is 0. The standard InChI is InChI=1S/C16H22N4O/c1-3-11-12(10-17)16(19-18-13(11)4-2)20-8-9-21-15-7-5-6-14(15)20/h14-15H,3-9H2,1-2H3. The Morgan fingerprint density at radius 1 is 1.29 bits per heavy atom. The highest BCUT2D eigenvalue weighted by molar-refractivity contribution is 5.59. The number of rotatable bonds is 3. The van der Waals surface area contributed by atoms with Gasteiger partial charge in [0.2, 0.25) is 0 Å². The summed E-state index contributed by atoms with van der Waals surface area (Å²) in [6.07, 6.45) is 5.36. The number of aromatic nitrogens is 2. The molecule has 1 saturated carbocycles. The van der Waals surface area contributed by atoms with Crippen LogP contribution in [0.25, 0.3) is 0 Å². The lowest BCUT2D eigenvalue weighted by molar-refractivity contribution is 0.0252. The summed E-state index contributed by atoms with van der Waals surface area (Å²) in [5, 5.41) is 18.4. The molecular formula is C16H22N4O. The quantitative estimate of drug-likeness (QED) is 0.852. The second kappa shape index (κ2) is 5.98. The van der Waals surface area contributed by atoms with Crippen LogP contribution in [0.1, 0.15) is 49.9 Å². The summed E-state index contributed by atoms with van der Waals surface area (Å²) in [5.41, 5.74) is 2.73. The van der Waals surface area contributed by atoms with Gasteiger partial charge in [-0.15, -0.1) is 5.10 Å². The SMILES string of the molecule is CCc1nnc(N2CCOC3CCCC32)c(C#N)c1CC. The van der Waals surface area contributed by atoms with Crippen LogP contribution in [0.5, 0.6) is 0 Å². The van der Waals surface area contributed by atoms with Crippen molar-refractivity contribution in [1.29, 1.82) is 5.26 Å². The van der Waals surface area contributed by atoms with Gasteiger partial charge in [-0.2, -0.15) is 10.4 Å². The highest BCUT2D eigenvalue weighted by Crippen LogP contribution is 2.34. The summed E-state index contributed by atoms with van der Waals surface area (Å²) in [4.78, 5) is 2.27. The third-order valence-electron chi connectivity index (χ3n) is 4.69. The molecule has 1 aromatic rings. The van der Waals surface area contributed by atoms with Crippen LogP contribution in [0.3, 0.4) is 0 Å². The van der Waals surface area contributed by atoms with Crippen LogP contribution in [-0.4, -0.2) is 35.5 Å². The van der Waals surface area contributed by atoms with E-state index in [0.717, 1.165) is 54.9 Å². The molecule has 0 radical (unpaired) electrons. The van der Waals surface area contributed by atoms with Gasteiger partial charge in [-0.3, -0.25) is 0 Å². The Bertz CT molecular complexity index is 566. The molecule has 3 rings (SSSR count). The van der Waals surface area contributed by atoms with Crippen molar-refractivity contribution in [3.8, 4) is 6.07 Å². The maximum Gasteiger partial charge on any atom is 0.169 e. The van der Waals surface area contributed by atoms with Gasteiger partial charge in [0.1, 0.15) is 11.6 Å². The normalized spacial score (nSPS) is 24.7. The van der Waals surface area contributed by atoms with E-state index in [0.29, 0.717) is 18.8 Å². The molecule has 2 unspecified atom stereocenters. The molecule has 0 amide bonds. The molecule has 1 aromatic heterocycles. The second-order valence-corrected chi connectivity index (χ2v) is 5.74. The maximum absolute atomic E-state index is 9.65. The first-order chi connectivity index (χ1) is 10.3. The minimum Gasteiger partial charge on any atom is -0.374 e. The molecule has 2 heterocycles. The van der Waals surface area contributed by atoms with Crippen LogP contribution in [0.2, 0.25) is 0 Å². The molecule has 2 atom stereocenters. The molecule has 5 heteroatoms. The van der Waals surface area contributed by atoms with Gasteiger partial charge >= 0.3 is 0 Å². The van der Waals surface area contributed by atoms with Gasteiger partial charge in [-0.05, 0) is 37.7 Å². The molecule has 1 aliphatic carbocycles. The third-order valence-corrected chi connectivity index (χ3v) is 4.69. The molecule has 112 valence electrons. The fourth-order valence-corrected chi connectivity index (χ4v) is 3.67. The number of ether oxygens (including phenoxy) is 1. The smallest absolute Gasteiger partial charge is 0.169 e. The first-order valence-corrected chi connectivity index (χ1v) is 7.96. The van der Waals surface area contributed by atoms with Gasteiger partial charge < -0.3 is 9.64 Å². The summed E-state index contributed by atoms with van der Waals surface area (Å²) in [6, 6.07) is 2.74. The molecule has 2 fully saturated rings. The van der Waals surface area contributed by atoms with Crippen molar-refractivity contribution in [2.75, 3.05) is 18.1 Å². The van der Waals surface area contributed by atoms with E-state index in [-0.39, 0.29) is 0 Å². The molecule has 0 aromatic carbocycles. The van der Waals surface area contributed by atoms with Crippen molar-refractivity contribution in [1.82, 2.24) is 10.2 Å². The number of nitriles is 1. The Morgan fingerprint density at radius 3 is 2.86 bits per heavy atom. The van der Waals surface area contributed by atoms with Crippen molar-refractivity contribution in [2.24, 2.45) is 0 Å². The molecule has 0 spiro atoms. The number of fused-ring (bicyclic) bond motifs is 1. The number of nitrogens with zero attached hydrogens (tertiary/aromatic N) is 4. The zero-order chi connectivity index (χ0) is 14.8. The number of morpholine rings is 1. The molecule has 2 aliphatic rings. The van der Waals surface area contributed by atoms with Crippen molar-refractivity contribution in [3.05, 3.63) is 16.8 Å². The van der Waals surface area contributed by atoms with E-state index in [1.54, 1.807) is 0 Å². The molecule has 0 bridgehead atoms. The van der Waals surface area contributed by atoms with E-state index in [1.807, 2.05) is 0 Å². The number of anilines is 1. The molecule has 5 nitrogen and oxygen atoms in total. The van der Waals surface area contributed by atoms with Crippen molar-refractivity contribution in [3.63, 3.8) is 0 Å². The Morgan fingerprint density at radius 2 is 2.14 bits per heavy atom. The maximum atomic E-state index is 9.65. The minimum atomic E-state index is 0.294. The second-order valence-electron chi connectivity index (χ2n) is 5.74. The van der Waals surface area contributed by atoms with Gasteiger partial charge in [-0.25, -0.2) is 0 Å². The summed E-state index contributed by atoms with van der Waals surface area (Å²) >= 11 is 0. The lowest BCUT2D eigenvalue weighted by Gasteiger charge is -2.38. The van der Waals surface area contributed by atoms with Crippen LogP contribution in [0, 0.1) is 11.3 Å². The number of aryl methyl sites for hydroxylation is 1. The Balaban J connectivity index is 2.03. The number of hydrogen-bond acceptors (Lipinski definition) is 5. The fourth-order valence-electron chi connectivity index (χ4n) is 3.67. The Labute approximate surface area is 125 Å². The molecule has 0 N–H and O–H groups in total. The van der Waals surface area contributed by atoms with Gasteiger partial charge in [-0.1, -0.05) is 13.8 Å². The summed E-state index contributed by atoms with van der Waals surface area (Å²) in [6.45, 7) is 5.66. The van der Waals surface area contributed by atoms with E-state index in [9.17, 15) is 5.26 Å². The van der Waals surface area contributed by atoms with Gasteiger partial charge in [0.05, 0.1) is 24.4 Å². The van der Waals surface area contributed by atoms with E-state index in [1.165, 1.54) is 6.42 Å². The lowest BCUT2D eigenvalue weighted by Crippen LogP contribution is -2.49. The highest BCUT2D eigenvalue weighted by Gasteiger charge is 2.38. The van der Waals surface area contributed by atoms with E-state index in [4.69, 9.17) is 4.74 Å². The van der Waals surface area contributed by atoms with E-state index >= 15 is 0 Å². The first kappa shape index (κ1) is 14.3. The summed E-state index contributed by atoms with van der Waals surface area (Å²) in [5.74, 6) is 0.770. The molecule has 1 aliphatic heterocycles. The van der Waals surface area contributed by atoms with E-state index < -0.39 is 0 Å². The molecule has 21 heavy (non-hydrogen) atoms. The first-order valence-electron chi connectivity index (χ1n) is 7.96. The molecular weight excluding hydrogens is 264 g/mol. The lowest BCUT2D eigenvalue weighted by atomic mass is 10.0. The fraction of sp³-hybridized carbons (Fsp3) is 0.688. The highest BCUT2D eigenvalue weighted by atomic mass is 16.5. The predicted octanol–water partition coefficient (Wildman–Crippen LogP) is 2.23. The number of hydrogen-bond donors (Lipinski definition) is 0. The third kappa shape index (κ3) is 2.38. The minimum absolute atomic E-state index is 0.294. The van der Waals surface area contributed by atoms with Crippen LogP contribution in [0.4, 0.5) is 5.82 Å². The average Bonchev–Trinajstić information content (AvgIpc) is 3.01. The average molecular weight is 286 g/mol. The van der Waals surface area contributed by atoms with Crippen molar-refractivity contribution < 1.29 is 4.74 Å². The van der Waals surface area contributed by atoms with Crippen LogP contribution in [0.15, 0.2) is 0 Å². The van der Waals surface area contributed by atoms with Gasteiger partial charge in [0, 0.05) is 6.54 Å². The zero-order valence-electron chi connectivity index (χ0n) is 12.8. The largest absolute Gasteiger partial charge is 0.374 e. The van der Waals surface area contributed by atoms with Crippen LogP contribution in [-0.2, 0) is 17.6 Å². The molecule has 1 saturated heterocycles. The van der Waals surface area contributed by atoms with Crippen molar-refractivity contribution >= 4 is 5.82 Å². The predicted molar refractivity (Wildman–Crippen MR) is 80.2 cm³/mol. The Hall–Kier alpha value is -1.67. The monoisotopic (exact) mass is 286 g/mol. The summed E-state index contributed by atoms with van der Waals surface area (Å²) < 4.78 is 5.86. The zero-order valence-corrected chi connectivity index (χ0v) is 12.8. The van der Waals surface area contributed by atoms with Crippen molar-refractivity contribution in [2.45, 2.75) is 58.1 Å². The van der Waals surface area contributed by atoms with Crippen LogP contribution < -0.4 is 4.90 Å².